The van der Waals surface area contributed by atoms with Crippen LogP contribution in [0.3, 0.4) is 0 Å². The molecule has 0 aromatic carbocycles. The van der Waals surface area contributed by atoms with Gasteiger partial charge in [0.1, 0.15) is 5.60 Å². The van der Waals surface area contributed by atoms with Gasteiger partial charge in [-0.05, 0) is 27.7 Å². The van der Waals surface area contributed by atoms with Crippen molar-refractivity contribution in [2.24, 2.45) is 0 Å². The molecule has 92 valence electrons. The number of rotatable bonds is 2. The van der Waals surface area contributed by atoms with Gasteiger partial charge in [0.15, 0.2) is 12.9 Å². The summed E-state index contributed by atoms with van der Waals surface area (Å²) in [5.74, 6) is -1.68. The molecule has 0 spiro atoms. The zero-order chi connectivity index (χ0) is 12.6. The average Bonchev–Trinajstić information content (AvgIpc) is 2.44. The van der Waals surface area contributed by atoms with E-state index in [0.717, 1.165) is 0 Å². The fourth-order valence-electron chi connectivity index (χ4n) is 1.18. The van der Waals surface area contributed by atoms with E-state index in [0.29, 0.717) is 0 Å². The molecule has 6 heteroatoms. The highest BCUT2D eigenvalue weighted by atomic mass is 16.7. The molecule has 1 saturated heterocycles. The molecule has 1 N–H and O–H groups in total. The summed E-state index contributed by atoms with van der Waals surface area (Å²) in [6.45, 7) is 6.00. The molecule has 1 rings (SSSR count). The Morgan fingerprint density at radius 1 is 1.56 bits per heavy atom. The van der Waals surface area contributed by atoms with E-state index in [2.05, 4.69) is 4.74 Å². The van der Waals surface area contributed by atoms with Gasteiger partial charge < -0.3 is 19.3 Å². The van der Waals surface area contributed by atoms with E-state index in [1.165, 1.54) is 6.92 Å². The number of carbonyl (C=O) groups is 2. The van der Waals surface area contributed by atoms with Crippen LogP contribution < -0.4 is 0 Å². The van der Waals surface area contributed by atoms with E-state index in [-0.39, 0.29) is 6.79 Å². The Labute approximate surface area is 93.5 Å². The van der Waals surface area contributed by atoms with Crippen LogP contribution in [0.5, 0.6) is 0 Å². The first kappa shape index (κ1) is 12.9. The van der Waals surface area contributed by atoms with Gasteiger partial charge in [-0.1, -0.05) is 0 Å². The minimum absolute atomic E-state index is 0.269. The maximum Gasteiger partial charge on any atom is 0.343 e. The average molecular weight is 232 g/mol. The first-order valence-electron chi connectivity index (χ1n) is 4.89. The Morgan fingerprint density at radius 3 is 2.50 bits per heavy atom. The molecule has 1 aliphatic rings. The summed E-state index contributed by atoms with van der Waals surface area (Å²) in [5, 5.41) is 9.71. The normalized spacial score (nSPS) is 27.4. The second-order valence-corrected chi connectivity index (χ2v) is 4.74. The monoisotopic (exact) mass is 232 g/mol. The maximum atomic E-state index is 11.5. The van der Waals surface area contributed by atoms with Crippen LogP contribution in [-0.4, -0.2) is 41.1 Å². The fourth-order valence-corrected chi connectivity index (χ4v) is 1.18. The van der Waals surface area contributed by atoms with E-state index < -0.39 is 29.2 Å². The van der Waals surface area contributed by atoms with Crippen LogP contribution in [0.25, 0.3) is 0 Å². The number of carbonyl (C=O) groups excluding carboxylic acids is 2. The molecule has 0 aromatic heterocycles. The SMILES string of the molecule is CC(C)(C)OC(=O)C(O)C1(C)OCOC1=O. The maximum absolute atomic E-state index is 11.5. The van der Waals surface area contributed by atoms with Gasteiger partial charge in [-0.15, -0.1) is 0 Å². The number of hydrogen-bond acceptors (Lipinski definition) is 6. The molecule has 16 heavy (non-hydrogen) atoms. The van der Waals surface area contributed by atoms with Crippen molar-refractivity contribution in [2.45, 2.75) is 45.0 Å². The molecule has 2 atom stereocenters. The van der Waals surface area contributed by atoms with Crippen LogP contribution in [0.2, 0.25) is 0 Å². The third kappa shape index (κ3) is 2.51. The quantitative estimate of drug-likeness (QED) is 0.674. The fraction of sp³-hybridized carbons (Fsp3) is 0.800. The first-order chi connectivity index (χ1) is 7.17. The predicted molar refractivity (Wildman–Crippen MR) is 52.3 cm³/mol. The summed E-state index contributed by atoms with van der Waals surface area (Å²) in [5.41, 5.74) is -2.42. The Kier molecular flexibility index (Phi) is 3.25. The molecule has 6 nitrogen and oxygen atoms in total. The molecular formula is C10H16O6. The minimum Gasteiger partial charge on any atom is -0.458 e. The van der Waals surface area contributed by atoms with Crippen LogP contribution in [0.4, 0.5) is 0 Å². The molecular weight excluding hydrogens is 216 g/mol. The number of cyclic esters (lactones) is 1. The minimum atomic E-state index is -1.69. The number of aliphatic hydroxyl groups is 1. The van der Waals surface area contributed by atoms with E-state index in [9.17, 15) is 14.7 Å². The molecule has 1 heterocycles. The Balaban J connectivity index is 2.74. The van der Waals surface area contributed by atoms with Gasteiger partial charge in [-0.25, -0.2) is 9.59 Å². The topological polar surface area (TPSA) is 82.1 Å². The van der Waals surface area contributed by atoms with Crippen molar-refractivity contribution in [3.05, 3.63) is 0 Å². The molecule has 0 saturated carbocycles. The first-order valence-corrected chi connectivity index (χ1v) is 4.89. The van der Waals surface area contributed by atoms with Crippen molar-refractivity contribution in [2.75, 3.05) is 6.79 Å². The van der Waals surface area contributed by atoms with E-state index in [1.807, 2.05) is 0 Å². The molecule has 1 aliphatic heterocycles. The van der Waals surface area contributed by atoms with Crippen molar-refractivity contribution < 1.29 is 28.9 Å². The molecule has 2 unspecified atom stereocenters. The summed E-state index contributed by atoms with van der Waals surface area (Å²) < 4.78 is 14.4. The van der Waals surface area contributed by atoms with Gasteiger partial charge in [0.2, 0.25) is 5.60 Å². The second-order valence-electron chi connectivity index (χ2n) is 4.74. The lowest BCUT2D eigenvalue weighted by molar-refractivity contribution is -0.182. The summed E-state index contributed by atoms with van der Waals surface area (Å²) >= 11 is 0. The van der Waals surface area contributed by atoms with Gasteiger partial charge in [0.25, 0.3) is 0 Å². The summed E-state index contributed by atoms with van der Waals surface area (Å²) in [6, 6.07) is 0. The zero-order valence-electron chi connectivity index (χ0n) is 9.77. The second kappa shape index (κ2) is 4.03. The van der Waals surface area contributed by atoms with E-state index in [1.54, 1.807) is 20.8 Å². The molecule has 0 aliphatic carbocycles. The van der Waals surface area contributed by atoms with Gasteiger partial charge in [-0.2, -0.15) is 0 Å². The highest BCUT2D eigenvalue weighted by Crippen LogP contribution is 2.25. The number of ether oxygens (including phenoxy) is 3. The van der Waals surface area contributed by atoms with E-state index in [4.69, 9.17) is 9.47 Å². The lowest BCUT2D eigenvalue weighted by atomic mass is 9.99. The van der Waals surface area contributed by atoms with Crippen molar-refractivity contribution in [1.29, 1.82) is 0 Å². The molecule has 0 bridgehead atoms. The van der Waals surface area contributed by atoms with E-state index >= 15 is 0 Å². The lowest BCUT2D eigenvalue weighted by Crippen LogP contribution is -2.51. The van der Waals surface area contributed by atoms with Crippen molar-refractivity contribution >= 4 is 11.9 Å². The third-order valence-electron chi connectivity index (χ3n) is 2.11. The molecule has 0 aromatic rings. The van der Waals surface area contributed by atoms with Gasteiger partial charge in [0.05, 0.1) is 0 Å². The third-order valence-corrected chi connectivity index (χ3v) is 2.11. The van der Waals surface area contributed by atoms with Crippen LogP contribution in [0, 0.1) is 0 Å². The smallest absolute Gasteiger partial charge is 0.343 e. The number of esters is 2. The van der Waals surface area contributed by atoms with Gasteiger partial charge in [-0.3, -0.25) is 0 Å². The van der Waals surface area contributed by atoms with Crippen molar-refractivity contribution in [3.8, 4) is 0 Å². The molecule has 0 amide bonds. The standard InChI is InChI=1S/C10H16O6/c1-9(2,3)16-7(12)6(11)10(4)8(13)14-5-15-10/h6,11H,5H2,1-4H3. The lowest BCUT2D eigenvalue weighted by Gasteiger charge is -2.27. The number of hydrogen-bond donors (Lipinski definition) is 1. The highest BCUT2D eigenvalue weighted by Gasteiger charge is 2.52. The highest BCUT2D eigenvalue weighted by molar-refractivity contribution is 5.89. The van der Waals surface area contributed by atoms with Crippen LogP contribution in [0.15, 0.2) is 0 Å². The summed E-state index contributed by atoms with van der Waals surface area (Å²) in [7, 11) is 0. The van der Waals surface area contributed by atoms with Gasteiger partial charge >= 0.3 is 11.9 Å². The summed E-state index contributed by atoms with van der Waals surface area (Å²) in [6.07, 6.45) is -1.69. The molecule has 0 radical (unpaired) electrons. The van der Waals surface area contributed by atoms with Crippen molar-refractivity contribution in [3.63, 3.8) is 0 Å². The van der Waals surface area contributed by atoms with Crippen LogP contribution in [0.1, 0.15) is 27.7 Å². The zero-order valence-corrected chi connectivity index (χ0v) is 9.77. The largest absolute Gasteiger partial charge is 0.458 e. The van der Waals surface area contributed by atoms with Gasteiger partial charge in [0, 0.05) is 0 Å². The Morgan fingerprint density at radius 2 is 2.12 bits per heavy atom. The molecule has 1 fully saturated rings. The number of aliphatic hydroxyl groups excluding tert-OH is 1. The van der Waals surface area contributed by atoms with Crippen molar-refractivity contribution in [1.82, 2.24) is 0 Å². The van der Waals surface area contributed by atoms with Crippen LogP contribution >= 0.6 is 0 Å². The Bertz CT molecular complexity index is 305. The Hall–Kier alpha value is -1.14. The predicted octanol–water partition coefficient (Wildman–Crippen LogP) is -0.0214. The van der Waals surface area contributed by atoms with Crippen LogP contribution in [-0.2, 0) is 23.8 Å². The summed E-state index contributed by atoms with van der Waals surface area (Å²) in [4.78, 5) is 22.8.